The van der Waals surface area contributed by atoms with E-state index in [4.69, 9.17) is 10.5 Å². The first-order valence-corrected chi connectivity index (χ1v) is 6.82. The SMILES string of the molecule is CCOC(CC)(CC)C(N)Cc1ccc(F)c(F)c1. The highest BCUT2D eigenvalue weighted by atomic mass is 19.2. The van der Waals surface area contributed by atoms with Crippen LogP contribution in [-0.4, -0.2) is 18.2 Å². The van der Waals surface area contributed by atoms with Gasteiger partial charge >= 0.3 is 0 Å². The van der Waals surface area contributed by atoms with Crippen LogP contribution in [-0.2, 0) is 11.2 Å². The van der Waals surface area contributed by atoms with Crippen molar-refractivity contribution in [2.24, 2.45) is 5.73 Å². The maximum absolute atomic E-state index is 13.2. The number of ether oxygens (including phenoxy) is 1. The Morgan fingerprint density at radius 2 is 1.79 bits per heavy atom. The summed E-state index contributed by atoms with van der Waals surface area (Å²) < 4.78 is 31.9. The third-order valence-corrected chi connectivity index (χ3v) is 3.74. The standard InChI is InChI=1S/C15H23F2NO/c1-4-15(5-2,19-6-3)14(18)10-11-7-8-12(16)13(17)9-11/h7-9,14H,4-6,10,18H2,1-3H3. The van der Waals surface area contributed by atoms with Crippen molar-refractivity contribution in [1.29, 1.82) is 0 Å². The van der Waals surface area contributed by atoms with E-state index in [0.29, 0.717) is 18.6 Å². The maximum atomic E-state index is 13.2. The molecule has 1 atom stereocenters. The van der Waals surface area contributed by atoms with Crippen LogP contribution >= 0.6 is 0 Å². The third-order valence-electron chi connectivity index (χ3n) is 3.74. The second-order valence-corrected chi connectivity index (χ2v) is 4.76. The van der Waals surface area contributed by atoms with Crippen molar-refractivity contribution in [3.8, 4) is 0 Å². The Balaban J connectivity index is 2.86. The van der Waals surface area contributed by atoms with E-state index in [2.05, 4.69) is 0 Å². The minimum Gasteiger partial charge on any atom is -0.374 e. The van der Waals surface area contributed by atoms with E-state index < -0.39 is 17.2 Å². The number of rotatable bonds is 7. The third kappa shape index (κ3) is 3.74. The molecule has 0 aliphatic heterocycles. The molecule has 0 fully saturated rings. The molecule has 1 aromatic rings. The molecule has 0 saturated carbocycles. The number of nitrogens with two attached hydrogens (primary N) is 1. The van der Waals surface area contributed by atoms with Crippen LogP contribution in [0.2, 0.25) is 0 Å². The second-order valence-electron chi connectivity index (χ2n) is 4.76. The fourth-order valence-electron chi connectivity index (χ4n) is 2.48. The molecule has 1 rings (SSSR count). The van der Waals surface area contributed by atoms with Crippen molar-refractivity contribution in [2.75, 3.05) is 6.61 Å². The molecule has 0 aliphatic carbocycles. The normalized spacial score (nSPS) is 13.6. The summed E-state index contributed by atoms with van der Waals surface area (Å²) in [5, 5.41) is 0. The Morgan fingerprint density at radius 3 is 2.26 bits per heavy atom. The van der Waals surface area contributed by atoms with Crippen LogP contribution in [0.5, 0.6) is 0 Å². The number of hydrogen-bond acceptors (Lipinski definition) is 2. The predicted molar refractivity (Wildman–Crippen MR) is 73.0 cm³/mol. The molecular formula is C15H23F2NO. The van der Waals surface area contributed by atoms with Gasteiger partial charge in [-0.15, -0.1) is 0 Å². The quantitative estimate of drug-likeness (QED) is 0.824. The number of benzene rings is 1. The Hall–Kier alpha value is -1.00. The molecule has 4 heteroatoms. The minimum atomic E-state index is -0.834. The summed E-state index contributed by atoms with van der Waals surface area (Å²) in [6, 6.07) is 3.67. The van der Waals surface area contributed by atoms with Gasteiger partial charge in [0.2, 0.25) is 0 Å². The molecule has 0 aliphatic rings. The number of hydrogen-bond donors (Lipinski definition) is 1. The molecule has 1 unspecified atom stereocenters. The predicted octanol–water partition coefficient (Wildman–Crippen LogP) is 3.43. The monoisotopic (exact) mass is 271 g/mol. The highest BCUT2D eigenvalue weighted by molar-refractivity contribution is 5.19. The zero-order valence-electron chi connectivity index (χ0n) is 11.9. The van der Waals surface area contributed by atoms with Crippen molar-refractivity contribution >= 4 is 0 Å². The summed E-state index contributed by atoms with van der Waals surface area (Å²) in [5.41, 5.74) is 6.53. The van der Waals surface area contributed by atoms with E-state index >= 15 is 0 Å². The highest BCUT2D eigenvalue weighted by Crippen LogP contribution is 2.26. The minimum absolute atomic E-state index is 0.243. The van der Waals surface area contributed by atoms with Crippen LogP contribution in [0, 0.1) is 11.6 Å². The van der Waals surface area contributed by atoms with Crippen molar-refractivity contribution in [1.82, 2.24) is 0 Å². The van der Waals surface area contributed by atoms with Gasteiger partial charge in [-0.1, -0.05) is 19.9 Å². The molecule has 0 aromatic heterocycles. The van der Waals surface area contributed by atoms with E-state index in [9.17, 15) is 8.78 Å². The van der Waals surface area contributed by atoms with Gasteiger partial charge in [-0.05, 0) is 43.9 Å². The first-order chi connectivity index (χ1) is 8.99. The second kappa shape index (κ2) is 6.96. The Kier molecular flexibility index (Phi) is 5.88. The molecule has 0 bridgehead atoms. The summed E-state index contributed by atoms with van der Waals surface area (Å²) in [5.74, 6) is -1.67. The molecule has 0 heterocycles. The van der Waals surface area contributed by atoms with Gasteiger partial charge in [-0.25, -0.2) is 8.78 Å². The summed E-state index contributed by atoms with van der Waals surface area (Å²) in [7, 11) is 0. The average Bonchev–Trinajstić information content (AvgIpc) is 2.40. The van der Waals surface area contributed by atoms with Crippen LogP contribution in [0.25, 0.3) is 0 Å². The van der Waals surface area contributed by atoms with Gasteiger partial charge in [0, 0.05) is 12.6 Å². The molecule has 19 heavy (non-hydrogen) atoms. The van der Waals surface area contributed by atoms with Gasteiger partial charge < -0.3 is 10.5 Å². The van der Waals surface area contributed by atoms with Crippen LogP contribution in [0.4, 0.5) is 8.78 Å². The highest BCUT2D eigenvalue weighted by Gasteiger charge is 2.34. The van der Waals surface area contributed by atoms with Crippen LogP contribution in [0.1, 0.15) is 39.2 Å². The van der Waals surface area contributed by atoms with Crippen molar-refractivity contribution in [3.05, 3.63) is 35.4 Å². The fraction of sp³-hybridized carbons (Fsp3) is 0.600. The van der Waals surface area contributed by atoms with E-state index in [0.717, 1.165) is 18.9 Å². The molecule has 2 N–H and O–H groups in total. The zero-order chi connectivity index (χ0) is 14.5. The van der Waals surface area contributed by atoms with Gasteiger partial charge in [0.1, 0.15) is 0 Å². The Morgan fingerprint density at radius 1 is 1.16 bits per heavy atom. The van der Waals surface area contributed by atoms with Gasteiger partial charge in [0.15, 0.2) is 11.6 Å². The number of halogens is 2. The molecule has 0 amide bonds. The van der Waals surface area contributed by atoms with Crippen molar-refractivity contribution in [3.63, 3.8) is 0 Å². The smallest absolute Gasteiger partial charge is 0.159 e. The first-order valence-electron chi connectivity index (χ1n) is 6.82. The lowest BCUT2D eigenvalue weighted by Gasteiger charge is -2.37. The summed E-state index contributed by atoms with van der Waals surface area (Å²) in [4.78, 5) is 0. The zero-order valence-corrected chi connectivity index (χ0v) is 11.9. The summed E-state index contributed by atoms with van der Waals surface area (Å²) >= 11 is 0. The van der Waals surface area contributed by atoms with E-state index in [1.807, 2.05) is 20.8 Å². The average molecular weight is 271 g/mol. The van der Waals surface area contributed by atoms with Crippen molar-refractivity contribution in [2.45, 2.75) is 51.7 Å². The van der Waals surface area contributed by atoms with Gasteiger partial charge in [-0.2, -0.15) is 0 Å². The van der Waals surface area contributed by atoms with E-state index in [-0.39, 0.29) is 6.04 Å². The van der Waals surface area contributed by atoms with Crippen LogP contribution in [0.15, 0.2) is 18.2 Å². The van der Waals surface area contributed by atoms with Gasteiger partial charge in [0.25, 0.3) is 0 Å². The van der Waals surface area contributed by atoms with Gasteiger partial charge in [0.05, 0.1) is 5.60 Å². The molecule has 2 nitrogen and oxygen atoms in total. The first kappa shape index (κ1) is 16.1. The van der Waals surface area contributed by atoms with Gasteiger partial charge in [-0.3, -0.25) is 0 Å². The summed E-state index contributed by atoms with van der Waals surface area (Å²) in [6.07, 6.45) is 2.06. The van der Waals surface area contributed by atoms with E-state index in [1.54, 1.807) is 6.07 Å². The Labute approximate surface area is 114 Å². The lowest BCUT2D eigenvalue weighted by Crippen LogP contribution is -2.50. The topological polar surface area (TPSA) is 35.2 Å². The lowest BCUT2D eigenvalue weighted by atomic mass is 9.85. The summed E-state index contributed by atoms with van der Waals surface area (Å²) in [6.45, 7) is 6.59. The Bertz CT molecular complexity index is 405. The maximum Gasteiger partial charge on any atom is 0.159 e. The molecule has 1 aromatic carbocycles. The van der Waals surface area contributed by atoms with Crippen molar-refractivity contribution < 1.29 is 13.5 Å². The van der Waals surface area contributed by atoms with Crippen LogP contribution < -0.4 is 5.73 Å². The lowest BCUT2D eigenvalue weighted by molar-refractivity contribution is -0.0633. The molecule has 108 valence electrons. The molecule has 0 radical (unpaired) electrons. The molecule has 0 saturated heterocycles. The fourth-order valence-corrected chi connectivity index (χ4v) is 2.48. The molecule has 0 spiro atoms. The van der Waals surface area contributed by atoms with Crippen LogP contribution in [0.3, 0.4) is 0 Å². The largest absolute Gasteiger partial charge is 0.374 e. The van der Waals surface area contributed by atoms with E-state index in [1.165, 1.54) is 6.07 Å². The molecular weight excluding hydrogens is 248 g/mol.